The molecule has 2 amide bonds. The summed E-state index contributed by atoms with van der Waals surface area (Å²) in [7, 11) is 0. The van der Waals surface area contributed by atoms with E-state index in [9.17, 15) is 9.59 Å². The Kier molecular flexibility index (Phi) is 4.29. The molecule has 20 heavy (non-hydrogen) atoms. The van der Waals surface area contributed by atoms with Crippen molar-refractivity contribution in [2.24, 2.45) is 5.92 Å². The number of carboxylic acid groups (broad SMARTS) is 1. The summed E-state index contributed by atoms with van der Waals surface area (Å²) in [6.07, 6.45) is 0.379. The third-order valence-corrected chi connectivity index (χ3v) is 2.91. The van der Waals surface area contributed by atoms with Crippen molar-refractivity contribution in [1.82, 2.24) is 5.32 Å². The molecule has 0 saturated carbocycles. The molecular weight excluding hydrogens is 264 g/mol. The molecule has 1 heterocycles. The van der Waals surface area contributed by atoms with Gasteiger partial charge in [-0.3, -0.25) is 4.79 Å². The number of rotatable bonds is 5. The van der Waals surface area contributed by atoms with Crippen molar-refractivity contribution in [2.75, 3.05) is 18.7 Å². The topological polar surface area (TPSA) is 96.9 Å². The summed E-state index contributed by atoms with van der Waals surface area (Å²) in [4.78, 5) is 22.2. The Morgan fingerprint density at radius 2 is 2.10 bits per heavy atom. The zero-order valence-corrected chi connectivity index (χ0v) is 11.0. The van der Waals surface area contributed by atoms with Crippen LogP contribution in [0.2, 0.25) is 0 Å². The number of aliphatic carboxylic acids is 1. The van der Waals surface area contributed by atoms with Crippen LogP contribution in [0.25, 0.3) is 0 Å². The second-order valence-corrected chi connectivity index (χ2v) is 4.48. The number of carbonyl (C=O) groups is 2. The maximum absolute atomic E-state index is 11.6. The van der Waals surface area contributed by atoms with Gasteiger partial charge in [-0.1, -0.05) is 6.92 Å². The van der Waals surface area contributed by atoms with Gasteiger partial charge in [0.25, 0.3) is 0 Å². The number of ether oxygens (including phenoxy) is 2. The van der Waals surface area contributed by atoms with Gasteiger partial charge in [-0.15, -0.1) is 0 Å². The molecular formula is C13H16N2O5. The number of nitrogens with one attached hydrogen (secondary N) is 2. The third-order valence-electron chi connectivity index (χ3n) is 2.91. The zero-order valence-electron chi connectivity index (χ0n) is 11.0. The van der Waals surface area contributed by atoms with Gasteiger partial charge in [-0.05, 0) is 18.6 Å². The Balaban J connectivity index is 1.78. The number of amides is 2. The number of carbonyl (C=O) groups excluding carboxylic acids is 1. The second kappa shape index (κ2) is 6.14. The van der Waals surface area contributed by atoms with E-state index in [1.807, 2.05) is 0 Å². The van der Waals surface area contributed by atoms with Gasteiger partial charge in [-0.2, -0.15) is 0 Å². The molecule has 1 aromatic rings. The van der Waals surface area contributed by atoms with Crippen molar-refractivity contribution in [3.05, 3.63) is 18.2 Å². The lowest BCUT2D eigenvalue weighted by atomic mass is 10.1. The molecule has 7 nitrogen and oxygen atoms in total. The third kappa shape index (κ3) is 3.53. The van der Waals surface area contributed by atoms with Crippen LogP contribution in [0.5, 0.6) is 11.5 Å². The fourth-order valence-corrected chi connectivity index (χ4v) is 1.68. The van der Waals surface area contributed by atoms with Crippen LogP contribution in [0, 0.1) is 5.92 Å². The molecule has 0 saturated heterocycles. The average molecular weight is 280 g/mol. The Labute approximate surface area is 115 Å². The van der Waals surface area contributed by atoms with E-state index in [1.165, 1.54) is 0 Å². The van der Waals surface area contributed by atoms with Crippen LogP contribution < -0.4 is 20.1 Å². The van der Waals surface area contributed by atoms with Gasteiger partial charge in [0, 0.05) is 18.3 Å². The maximum atomic E-state index is 11.6. The van der Waals surface area contributed by atoms with Crippen LogP contribution in [0.15, 0.2) is 18.2 Å². The van der Waals surface area contributed by atoms with E-state index in [4.69, 9.17) is 14.6 Å². The highest BCUT2D eigenvalue weighted by Crippen LogP contribution is 2.34. The highest BCUT2D eigenvalue weighted by molar-refractivity contribution is 5.89. The summed E-state index contributed by atoms with van der Waals surface area (Å²) < 4.78 is 10.4. The minimum Gasteiger partial charge on any atom is -0.481 e. The van der Waals surface area contributed by atoms with Gasteiger partial charge in [0.15, 0.2) is 11.5 Å². The summed E-state index contributed by atoms with van der Waals surface area (Å²) in [5.74, 6) is -0.127. The van der Waals surface area contributed by atoms with Crippen molar-refractivity contribution < 1.29 is 24.2 Å². The fourth-order valence-electron chi connectivity index (χ4n) is 1.68. The van der Waals surface area contributed by atoms with E-state index in [1.54, 1.807) is 25.1 Å². The summed E-state index contributed by atoms with van der Waals surface area (Å²) in [5.41, 5.74) is 0.582. The van der Waals surface area contributed by atoms with E-state index >= 15 is 0 Å². The molecule has 1 unspecified atom stereocenters. The lowest BCUT2D eigenvalue weighted by Crippen LogP contribution is -2.31. The molecule has 0 spiro atoms. The van der Waals surface area contributed by atoms with Crippen LogP contribution in [0.3, 0.4) is 0 Å². The van der Waals surface area contributed by atoms with Crippen LogP contribution in [-0.2, 0) is 4.79 Å². The standard InChI is InChI=1S/C13H16N2O5/c1-8(12(16)17)4-5-14-13(18)15-9-2-3-10-11(6-9)20-7-19-10/h2-3,6,8H,4-5,7H2,1H3,(H,16,17)(H2,14,15,18). The van der Waals surface area contributed by atoms with Crippen LogP contribution in [0.4, 0.5) is 10.5 Å². The molecule has 7 heteroatoms. The predicted molar refractivity (Wildman–Crippen MR) is 71.0 cm³/mol. The van der Waals surface area contributed by atoms with Crippen molar-refractivity contribution >= 4 is 17.7 Å². The second-order valence-electron chi connectivity index (χ2n) is 4.48. The number of anilines is 1. The number of benzene rings is 1. The average Bonchev–Trinajstić information content (AvgIpc) is 2.85. The van der Waals surface area contributed by atoms with E-state index in [0.29, 0.717) is 30.2 Å². The minimum absolute atomic E-state index is 0.179. The monoisotopic (exact) mass is 280 g/mol. The molecule has 108 valence electrons. The first-order valence-corrected chi connectivity index (χ1v) is 6.23. The van der Waals surface area contributed by atoms with Crippen molar-refractivity contribution in [2.45, 2.75) is 13.3 Å². The molecule has 0 fully saturated rings. The molecule has 0 radical (unpaired) electrons. The highest BCUT2D eigenvalue weighted by Gasteiger charge is 2.14. The Bertz CT molecular complexity index is 517. The number of hydrogen-bond acceptors (Lipinski definition) is 4. The van der Waals surface area contributed by atoms with Gasteiger partial charge in [0.05, 0.1) is 5.92 Å². The van der Waals surface area contributed by atoms with Gasteiger partial charge in [0.2, 0.25) is 6.79 Å². The molecule has 1 atom stereocenters. The summed E-state index contributed by atoms with van der Waals surface area (Å²) in [6.45, 7) is 2.07. The molecule has 0 aliphatic carbocycles. The lowest BCUT2D eigenvalue weighted by Gasteiger charge is -2.09. The zero-order chi connectivity index (χ0) is 14.5. The maximum Gasteiger partial charge on any atom is 0.319 e. The largest absolute Gasteiger partial charge is 0.481 e. The van der Waals surface area contributed by atoms with E-state index < -0.39 is 11.9 Å². The minimum atomic E-state index is -0.872. The number of hydrogen-bond donors (Lipinski definition) is 3. The number of carboxylic acids is 1. The lowest BCUT2D eigenvalue weighted by molar-refractivity contribution is -0.141. The molecule has 2 rings (SSSR count). The van der Waals surface area contributed by atoms with Gasteiger partial charge in [-0.25, -0.2) is 4.79 Å². The first-order chi connectivity index (χ1) is 9.56. The normalized spacial score (nSPS) is 13.7. The van der Waals surface area contributed by atoms with Crippen LogP contribution in [0.1, 0.15) is 13.3 Å². The number of urea groups is 1. The Hall–Kier alpha value is -2.44. The van der Waals surface area contributed by atoms with Crippen molar-refractivity contribution in [3.8, 4) is 11.5 Å². The van der Waals surface area contributed by atoms with E-state index in [0.717, 1.165) is 0 Å². The van der Waals surface area contributed by atoms with Crippen LogP contribution in [-0.4, -0.2) is 30.4 Å². The van der Waals surface area contributed by atoms with Gasteiger partial charge in [0.1, 0.15) is 0 Å². The molecule has 0 bridgehead atoms. The fraction of sp³-hybridized carbons (Fsp3) is 0.385. The van der Waals surface area contributed by atoms with Crippen molar-refractivity contribution in [3.63, 3.8) is 0 Å². The van der Waals surface area contributed by atoms with Gasteiger partial charge >= 0.3 is 12.0 Å². The summed E-state index contributed by atoms with van der Waals surface area (Å²) >= 11 is 0. The first kappa shape index (κ1) is 14.0. The van der Waals surface area contributed by atoms with E-state index in [2.05, 4.69) is 10.6 Å². The molecule has 1 aliphatic heterocycles. The van der Waals surface area contributed by atoms with Crippen molar-refractivity contribution in [1.29, 1.82) is 0 Å². The highest BCUT2D eigenvalue weighted by atomic mass is 16.7. The van der Waals surface area contributed by atoms with Gasteiger partial charge < -0.3 is 25.2 Å². The first-order valence-electron chi connectivity index (χ1n) is 6.23. The molecule has 0 aromatic heterocycles. The Morgan fingerprint density at radius 1 is 1.35 bits per heavy atom. The SMILES string of the molecule is CC(CCNC(=O)Nc1ccc2c(c1)OCO2)C(=O)O. The van der Waals surface area contributed by atoms with E-state index in [-0.39, 0.29) is 12.8 Å². The predicted octanol–water partition coefficient (Wildman–Crippen LogP) is 1.65. The molecule has 3 N–H and O–H groups in total. The molecule has 1 aromatic carbocycles. The summed E-state index contributed by atoms with van der Waals surface area (Å²) in [6, 6.07) is 4.70. The smallest absolute Gasteiger partial charge is 0.319 e. The molecule has 1 aliphatic rings. The van der Waals surface area contributed by atoms with Crippen LogP contribution >= 0.6 is 0 Å². The quantitative estimate of drug-likeness (QED) is 0.762. The summed E-state index contributed by atoms with van der Waals surface area (Å²) in [5, 5.41) is 14.0. The Morgan fingerprint density at radius 3 is 2.85 bits per heavy atom. The number of fused-ring (bicyclic) bond motifs is 1.